The molecule has 105 heavy (non-hydrogen) atoms. The third-order valence-corrected chi connectivity index (χ3v) is 24.0. The summed E-state index contributed by atoms with van der Waals surface area (Å²) in [6.07, 6.45) is 9.76. The Kier molecular flexibility index (Phi) is 16.9. The van der Waals surface area contributed by atoms with Crippen LogP contribution in [0.5, 0.6) is 0 Å². The normalized spacial score (nSPS) is 23.5. The number of anilines is 3. The number of piperidine rings is 3. The largest absolute Gasteiger partial charge is 0.369 e. The fourth-order valence-corrected chi connectivity index (χ4v) is 18.6. The minimum atomic E-state index is -0.684. The van der Waals surface area contributed by atoms with E-state index in [1.807, 2.05) is 60.1 Å². The van der Waals surface area contributed by atoms with Crippen LogP contribution in [-0.2, 0) is 34.5 Å². The maximum Gasteiger partial charge on any atom is 0.221 e. The molecule has 9 atom stereocenters. The average Bonchev–Trinajstić information content (AvgIpc) is 1.54. The highest BCUT2D eigenvalue weighted by atomic mass is 35.5. The predicted molar refractivity (Wildman–Crippen MR) is 391 cm³/mol. The molecule has 3 aliphatic carbocycles. The Morgan fingerprint density at radius 1 is 0.505 bits per heavy atom. The Bertz CT molecular complexity index is 5560. The minimum Gasteiger partial charge on any atom is -0.369 e. The molecule has 3 saturated carbocycles. The number of hydrogen-bond donors (Lipinski definition) is 7. The number of fused-ring (bicyclic) bond motifs is 7. The number of aromatic amines is 3. The van der Waals surface area contributed by atoms with Gasteiger partial charge in [-0.15, -0.1) is 0 Å². The van der Waals surface area contributed by atoms with E-state index in [4.69, 9.17) is 61.1 Å². The number of hydrogen-bond acceptors (Lipinski definition) is 17. The van der Waals surface area contributed by atoms with Gasteiger partial charge in [-0.05, 0) is 126 Å². The molecule has 3 aliphatic heterocycles. The quantitative estimate of drug-likeness (QED) is 0.0498. The molecule has 29 heteroatoms. The lowest BCUT2D eigenvalue weighted by molar-refractivity contribution is -0.117. The van der Waals surface area contributed by atoms with E-state index in [2.05, 4.69) is 65.2 Å². The predicted octanol–water partition coefficient (Wildman–Crippen LogP) is 11.0. The number of aryl methyl sites for hydroxylation is 1. The third kappa shape index (κ3) is 11.3. The number of rotatable bonds is 14. The van der Waals surface area contributed by atoms with Crippen molar-refractivity contribution in [1.82, 2.24) is 70.0 Å². The Labute approximate surface area is 607 Å². The van der Waals surface area contributed by atoms with Crippen molar-refractivity contribution in [3.8, 4) is 33.8 Å². The molecule has 534 valence electrons. The molecular weight excluding hydrogens is 1390 g/mol. The number of halogens is 7. The number of carbonyl (C=O) groups is 1. The Morgan fingerprint density at radius 3 is 1.33 bits per heavy atom. The van der Waals surface area contributed by atoms with Gasteiger partial charge in [0.1, 0.15) is 85.7 Å². The van der Waals surface area contributed by atoms with Crippen LogP contribution in [-0.4, -0.2) is 135 Å². The zero-order valence-corrected chi connectivity index (χ0v) is 58.1. The SMILES string of the molecule is Cn1cnc2c(Cl)c(-c3n[nH]c4nc(N5CC[C@@H]6[C@H](C5)[C@@]6(CN)c5ccccc5F)cnc34)ccc21.NC[C@]1(c2ccccc2F)[C@@H]2CCN(c3cnc4c(-c5cc(F)cc(F)c5)n[nH]c4n3)C[C@@H]21.NC[C@]1(c2ccccc2F)[C@@H]2CCN(c3cnc4c(-c5ccc(CC(N)=O)cc5Cl)n[nH]c4n3)C[C@@H]21. The van der Waals surface area contributed by atoms with Crippen LogP contribution in [0.3, 0.4) is 0 Å². The molecule has 6 aliphatic rings. The second-order valence-electron chi connectivity index (χ2n) is 28.3. The third-order valence-electron chi connectivity index (χ3n) is 23.3. The summed E-state index contributed by atoms with van der Waals surface area (Å²) < 4.78 is 73.2. The number of aromatic nitrogens is 14. The topological polar surface area (TPSA) is 312 Å². The van der Waals surface area contributed by atoms with Gasteiger partial charge in [0.05, 0.1) is 46.9 Å². The highest BCUT2D eigenvalue weighted by Gasteiger charge is 2.68. The summed E-state index contributed by atoms with van der Waals surface area (Å²) in [6.45, 7) is 5.84. The number of primary amides is 1. The fraction of sp³-hybridized carbons (Fsp3) is 0.303. The van der Waals surface area contributed by atoms with Crippen molar-refractivity contribution < 1.29 is 26.7 Å². The van der Waals surface area contributed by atoms with Crippen LogP contribution in [0, 0.1) is 64.6 Å². The average molecular weight is 1460 g/mol. The lowest BCUT2D eigenvalue weighted by Crippen LogP contribution is -2.32. The summed E-state index contributed by atoms with van der Waals surface area (Å²) in [5.74, 6) is 1.72. The smallest absolute Gasteiger partial charge is 0.221 e. The van der Waals surface area contributed by atoms with Gasteiger partial charge in [0.2, 0.25) is 5.91 Å². The Balaban J connectivity index is 0.000000116. The first-order valence-electron chi connectivity index (χ1n) is 34.8. The highest BCUT2D eigenvalue weighted by Crippen LogP contribution is 2.66. The highest BCUT2D eigenvalue weighted by molar-refractivity contribution is 6.38. The molecule has 0 radical (unpaired) electrons. The Morgan fingerprint density at radius 2 is 0.914 bits per heavy atom. The van der Waals surface area contributed by atoms with Crippen molar-refractivity contribution in [3.05, 3.63) is 208 Å². The molecule has 22 nitrogen and oxygen atoms in total. The van der Waals surface area contributed by atoms with Crippen molar-refractivity contribution >= 4 is 91.1 Å². The van der Waals surface area contributed by atoms with Crippen molar-refractivity contribution in [2.75, 3.05) is 73.6 Å². The minimum absolute atomic E-state index is 0.116. The van der Waals surface area contributed by atoms with Gasteiger partial charge in [0.15, 0.2) is 16.9 Å². The van der Waals surface area contributed by atoms with E-state index < -0.39 is 17.5 Å². The van der Waals surface area contributed by atoms with Crippen LogP contribution >= 0.6 is 23.2 Å². The number of nitrogens with two attached hydrogens (primary N) is 4. The van der Waals surface area contributed by atoms with Gasteiger partial charge in [-0.2, -0.15) is 15.3 Å². The van der Waals surface area contributed by atoms with E-state index in [1.54, 1.807) is 61.3 Å². The summed E-state index contributed by atoms with van der Waals surface area (Å²) in [7, 11) is 1.93. The van der Waals surface area contributed by atoms with Crippen LogP contribution < -0.4 is 37.6 Å². The van der Waals surface area contributed by atoms with Gasteiger partial charge in [0.25, 0.3) is 0 Å². The number of imidazole rings is 1. The first-order valence-corrected chi connectivity index (χ1v) is 35.6. The second-order valence-corrected chi connectivity index (χ2v) is 29.1. The van der Waals surface area contributed by atoms with Crippen LogP contribution in [0.25, 0.3) is 78.3 Å². The zero-order valence-electron chi connectivity index (χ0n) is 56.6. The molecule has 7 aromatic heterocycles. The lowest BCUT2D eigenvalue weighted by Gasteiger charge is -2.26. The number of benzene rings is 6. The maximum atomic E-state index is 14.7. The first-order chi connectivity index (χ1) is 50.9. The number of nitrogens with zero attached hydrogens (tertiary/aromatic N) is 14. The zero-order chi connectivity index (χ0) is 72.4. The van der Waals surface area contributed by atoms with Crippen LogP contribution in [0.1, 0.15) is 41.5 Å². The van der Waals surface area contributed by atoms with E-state index in [9.17, 15) is 26.7 Å². The number of amides is 1. The summed E-state index contributed by atoms with van der Waals surface area (Å²) in [4.78, 5) is 50.3. The molecule has 6 aromatic carbocycles. The van der Waals surface area contributed by atoms with Gasteiger partial charge in [-0.25, -0.2) is 56.8 Å². The van der Waals surface area contributed by atoms with Crippen LogP contribution in [0.4, 0.5) is 39.4 Å². The van der Waals surface area contributed by atoms with Crippen molar-refractivity contribution in [2.45, 2.75) is 41.9 Å². The molecule has 19 rings (SSSR count). The summed E-state index contributed by atoms with van der Waals surface area (Å²) in [5.41, 5.74) is 34.1. The van der Waals surface area contributed by atoms with Gasteiger partial charge in [-0.1, -0.05) is 89.9 Å². The standard InChI is InChI=1S/C26H24ClFN8.C26H25ClFN7O.C24H21F3N6/c1-35-13-31-23-19(35)7-6-14(21(23)27)22-24-25(34-33-22)32-20(10-30-24)36-9-8-15-17(11-36)26(15,12-29)16-4-2-3-5-18(16)28;27-19-9-14(10-21(30)36)5-6-15(19)23-24-25(34-33-23)32-22(11-31-24)35-8-7-16-18(12-35)26(16,13-29)17-3-1-2-4-20(17)28;25-14-7-13(8-15(26)9-14)21-22-23(32-31-21)30-20(10-29-22)33-6-5-16-18(11-33)24(16,12-28)17-3-1-2-4-19(17)27/h2-7,10,13,15,17H,8-9,11-12,29H2,1H3,(H,32,33,34);1-6,9,11,16,18H,7-8,10,12-13,29H2,(H2,30,36)(H,32,33,34);1-4,7-10,16,18H,5-6,11-12,28H2,(H,30,31,32)/t15-,17+,26-;16-,18+,26-;16-,18+,24-/m111/s1. The lowest BCUT2D eigenvalue weighted by atomic mass is 9.91. The van der Waals surface area contributed by atoms with E-state index in [-0.39, 0.29) is 63.4 Å². The molecule has 0 bridgehead atoms. The molecule has 1 amide bonds. The summed E-state index contributed by atoms with van der Waals surface area (Å²) >= 11 is 13.2. The van der Waals surface area contributed by atoms with E-state index >= 15 is 0 Å². The molecule has 0 unspecified atom stereocenters. The monoisotopic (exact) mass is 1460 g/mol. The molecule has 0 spiro atoms. The Hall–Kier alpha value is -10.6. The van der Waals surface area contributed by atoms with Crippen molar-refractivity contribution in [2.24, 2.45) is 65.5 Å². The summed E-state index contributed by atoms with van der Waals surface area (Å²) in [6, 6.07) is 33.4. The molecule has 3 saturated heterocycles. The molecule has 6 fully saturated rings. The van der Waals surface area contributed by atoms with Crippen LogP contribution in [0.2, 0.25) is 10.0 Å². The fourth-order valence-electron chi connectivity index (χ4n) is 18.0. The maximum absolute atomic E-state index is 14.7. The number of carbonyl (C=O) groups excluding carboxylic acids is 1. The van der Waals surface area contributed by atoms with E-state index in [1.165, 1.54) is 30.3 Å². The van der Waals surface area contributed by atoms with Gasteiger partial charge in [0, 0.05) is 105 Å². The van der Waals surface area contributed by atoms with Crippen LogP contribution in [0.15, 0.2) is 146 Å². The molecular formula is C76H70Cl2F5N21O. The van der Waals surface area contributed by atoms with Gasteiger partial charge < -0.3 is 42.2 Å². The van der Waals surface area contributed by atoms with E-state index in [0.717, 1.165) is 103 Å². The van der Waals surface area contributed by atoms with Crippen molar-refractivity contribution in [1.29, 1.82) is 0 Å². The number of nitrogens with one attached hydrogen (secondary N) is 3. The van der Waals surface area contributed by atoms with E-state index in [0.29, 0.717) is 121 Å². The number of H-pyrrole nitrogens is 3. The van der Waals surface area contributed by atoms with Gasteiger partial charge in [-0.3, -0.25) is 20.1 Å². The second kappa shape index (κ2) is 26.2. The van der Waals surface area contributed by atoms with Crippen molar-refractivity contribution in [3.63, 3.8) is 0 Å². The molecule has 13 aromatic rings. The molecule has 10 heterocycles. The molecule has 11 N–H and O–H groups in total. The first kappa shape index (κ1) is 67.6. The van der Waals surface area contributed by atoms with Gasteiger partial charge >= 0.3 is 0 Å². The summed E-state index contributed by atoms with van der Waals surface area (Å²) in [5, 5.41) is 22.9.